The van der Waals surface area contributed by atoms with E-state index in [1.54, 1.807) is 6.26 Å². The molecular formula is C17H27N3OS. The Morgan fingerprint density at radius 1 is 1.36 bits per heavy atom. The van der Waals surface area contributed by atoms with Crippen molar-refractivity contribution >= 4 is 18.5 Å². The fraction of sp³-hybridized carbons (Fsp3) is 0.471. The predicted octanol–water partition coefficient (Wildman–Crippen LogP) is 1.33. The van der Waals surface area contributed by atoms with E-state index >= 15 is 0 Å². The van der Waals surface area contributed by atoms with Crippen molar-refractivity contribution in [3.63, 3.8) is 0 Å². The molecule has 1 aromatic rings. The van der Waals surface area contributed by atoms with Crippen LogP contribution in [0.2, 0.25) is 0 Å². The summed E-state index contributed by atoms with van der Waals surface area (Å²) in [6, 6.07) is 7.65. The number of amides is 1. The number of benzene rings is 1. The molecule has 0 aliphatic rings. The fourth-order valence-electron chi connectivity index (χ4n) is 1.85. The van der Waals surface area contributed by atoms with Gasteiger partial charge in [-0.15, -0.1) is 5.92 Å². The molecule has 0 spiro atoms. The normalized spacial score (nSPS) is 10.6. The molecule has 5 heteroatoms. The highest BCUT2D eigenvalue weighted by atomic mass is 32.1. The number of hydrogen-bond donors (Lipinski definition) is 4. The van der Waals surface area contributed by atoms with Gasteiger partial charge in [0.1, 0.15) is 0 Å². The predicted molar refractivity (Wildman–Crippen MR) is 96.9 cm³/mol. The molecule has 22 heavy (non-hydrogen) atoms. The second kappa shape index (κ2) is 13.2. The van der Waals surface area contributed by atoms with Crippen molar-refractivity contribution in [2.75, 3.05) is 19.3 Å². The topological polar surface area (TPSA) is 81.1 Å². The number of carbonyl (C=O) groups is 1. The van der Waals surface area contributed by atoms with E-state index in [-0.39, 0.29) is 12.5 Å². The quantitative estimate of drug-likeness (QED) is 0.347. The molecular weight excluding hydrogens is 294 g/mol. The fourth-order valence-corrected chi connectivity index (χ4v) is 1.85. The third-order valence-corrected chi connectivity index (χ3v) is 2.98. The number of thiol groups is 1. The Kier molecular flexibility index (Phi) is 12.3. The third-order valence-electron chi connectivity index (χ3n) is 2.98. The van der Waals surface area contributed by atoms with Crippen LogP contribution in [0.4, 0.5) is 0 Å². The second-order valence-corrected chi connectivity index (χ2v) is 4.67. The molecule has 1 aromatic carbocycles. The van der Waals surface area contributed by atoms with Crippen LogP contribution >= 0.6 is 12.6 Å². The second-order valence-electron chi connectivity index (χ2n) is 4.67. The molecule has 0 aliphatic carbocycles. The lowest BCUT2D eigenvalue weighted by Gasteiger charge is -2.09. The highest BCUT2D eigenvalue weighted by molar-refractivity contribution is 7.79. The first-order chi connectivity index (χ1) is 10.7. The Labute approximate surface area is 139 Å². The summed E-state index contributed by atoms with van der Waals surface area (Å²) in [6.07, 6.45) is 4.62. The maximum absolute atomic E-state index is 11.4. The largest absolute Gasteiger partial charge is 0.355 e. The number of rotatable bonds is 7. The highest BCUT2D eigenvalue weighted by Crippen LogP contribution is 2.07. The maximum Gasteiger partial charge on any atom is 0.238 e. The molecule has 4 nitrogen and oxygen atoms in total. The SMILES string of the molecule is CC#Cc1cccc(CCCCNC(=O)C(N)CN)c1.CS. The minimum Gasteiger partial charge on any atom is -0.355 e. The highest BCUT2D eigenvalue weighted by Gasteiger charge is 2.09. The zero-order chi connectivity index (χ0) is 16.8. The van der Waals surface area contributed by atoms with Crippen LogP contribution in [-0.2, 0) is 11.2 Å². The summed E-state index contributed by atoms with van der Waals surface area (Å²) in [6.45, 7) is 2.65. The molecule has 0 radical (unpaired) electrons. The van der Waals surface area contributed by atoms with E-state index in [2.05, 4.69) is 41.9 Å². The van der Waals surface area contributed by atoms with Gasteiger partial charge in [-0.3, -0.25) is 4.79 Å². The molecule has 1 rings (SSSR count). The Bertz CT molecular complexity index is 494. The molecule has 0 saturated heterocycles. The van der Waals surface area contributed by atoms with E-state index in [1.165, 1.54) is 5.56 Å². The number of carbonyl (C=O) groups excluding carboxylic acids is 1. The van der Waals surface area contributed by atoms with Crippen molar-refractivity contribution in [2.45, 2.75) is 32.2 Å². The van der Waals surface area contributed by atoms with Crippen LogP contribution in [0.15, 0.2) is 24.3 Å². The van der Waals surface area contributed by atoms with Crippen LogP contribution in [-0.4, -0.2) is 31.3 Å². The first-order valence-electron chi connectivity index (χ1n) is 7.37. The summed E-state index contributed by atoms with van der Waals surface area (Å²) in [5.74, 6) is 5.77. The van der Waals surface area contributed by atoms with Crippen molar-refractivity contribution in [1.29, 1.82) is 0 Å². The summed E-state index contributed by atoms with van der Waals surface area (Å²) < 4.78 is 0. The first kappa shape index (κ1) is 20.5. The van der Waals surface area contributed by atoms with Crippen LogP contribution in [0.3, 0.4) is 0 Å². The van der Waals surface area contributed by atoms with Crippen molar-refractivity contribution in [1.82, 2.24) is 5.32 Å². The van der Waals surface area contributed by atoms with Gasteiger partial charge in [-0.05, 0) is 50.1 Å². The zero-order valence-corrected chi connectivity index (χ0v) is 14.3. The van der Waals surface area contributed by atoms with Gasteiger partial charge in [0, 0.05) is 18.7 Å². The Balaban J connectivity index is 0.00000211. The molecule has 1 atom stereocenters. The molecule has 0 heterocycles. The molecule has 0 aliphatic heterocycles. The summed E-state index contributed by atoms with van der Waals surface area (Å²) in [7, 11) is 0. The van der Waals surface area contributed by atoms with Crippen LogP contribution in [0.25, 0.3) is 0 Å². The van der Waals surface area contributed by atoms with Gasteiger partial charge in [-0.2, -0.15) is 12.6 Å². The lowest BCUT2D eigenvalue weighted by Crippen LogP contribution is -2.45. The van der Waals surface area contributed by atoms with Gasteiger partial charge in [-0.25, -0.2) is 0 Å². The van der Waals surface area contributed by atoms with E-state index in [0.29, 0.717) is 6.54 Å². The van der Waals surface area contributed by atoms with Crippen LogP contribution < -0.4 is 16.8 Å². The lowest BCUT2D eigenvalue weighted by molar-refractivity contribution is -0.122. The van der Waals surface area contributed by atoms with Crippen LogP contribution in [0.5, 0.6) is 0 Å². The van der Waals surface area contributed by atoms with E-state index in [1.807, 2.05) is 19.1 Å². The Hall–Kier alpha value is -1.48. The molecule has 122 valence electrons. The van der Waals surface area contributed by atoms with Gasteiger partial charge in [0.2, 0.25) is 5.91 Å². The van der Waals surface area contributed by atoms with Gasteiger partial charge < -0.3 is 16.8 Å². The average molecular weight is 321 g/mol. The third kappa shape index (κ3) is 8.73. The number of unbranched alkanes of at least 4 members (excludes halogenated alkanes) is 1. The first-order valence-corrected chi connectivity index (χ1v) is 8.26. The zero-order valence-electron chi connectivity index (χ0n) is 13.4. The molecule has 5 N–H and O–H groups in total. The Morgan fingerprint density at radius 2 is 2.09 bits per heavy atom. The van der Waals surface area contributed by atoms with Gasteiger partial charge in [0.25, 0.3) is 0 Å². The van der Waals surface area contributed by atoms with Crippen LogP contribution in [0.1, 0.15) is 30.9 Å². The van der Waals surface area contributed by atoms with Crippen molar-refractivity contribution in [2.24, 2.45) is 11.5 Å². The summed E-state index contributed by atoms with van der Waals surface area (Å²) in [4.78, 5) is 11.4. The summed E-state index contributed by atoms with van der Waals surface area (Å²) in [5.41, 5.74) is 13.2. The summed E-state index contributed by atoms with van der Waals surface area (Å²) >= 11 is 3.53. The van der Waals surface area contributed by atoms with E-state index in [4.69, 9.17) is 11.5 Å². The monoisotopic (exact) mass is 321 g/mol. The van der Waals surface area contributed by atoms with Crippen LogP contribution in [0, 0.1) is 11.8 Å². The van der Waals surface area contributed by atoms with Gasteiger partial charge >= 0.3 is 0 Å². The van der Waals surface area contributed by atoms with Crippen molar-refractivity contribution < 1.29 is 4.79 Å². The van der Waals surface area contributed by atoms with Gasteiger partial charge in [0.15, 0.2) is 0 Å². The Morgan fingerprint density at radius 3 is 2.73 bits per heavy atom. The minimum absolute atomic E-state index is 0.173. The van der Waals surface area contributed by atoms with Crippen molar-refractivity contribution in [3.05, 3.63) is 35.4 Å². The molecule has 0 fully saturated rings. The molecule has 0 bridgehead atoms. The van der Waals surface area contributed by atoms with Gasteiger partial charge in [0.05, 0.1) is 6.04 Å². The number of hydrogen-bond acceptors (Lipinski definition) is 4. The molecule has 0 saturated carbocycles. The van der Waals surface area contributed by atoms with Crippen molar-refractivity contribution in [3.8, 4) is 11.8 Å². The molecule has 0 aromatic heterocycles. The number of nitrogens with one attached hydrogen (secondary N) is 1. The van der Waals surface area contributed by atoms with E-state index in [9.17, 15) is 4.79 Å². The number of nitrogens with two attached hydrogens (primary N) is 2. The smallest absolute Gasteiger partial charge is 0.238 e. The standard InChI is InChI=1S/C16H23N3O.CH4S/c1-2-6-13-8-5-9-14(11-13)7-3-4-10-19-16(20)15(18)12-17;1-2/h5,8-9,11,15H,3-4,7,10,12,17-18H2,1H3,(H,19,20);2H,1H3. The molecule has 1 amide bonds. The maximum atomic E-state index is 11.4. The lowest BCUT2D eigenvalue weighted by atomic mass is 10.1. The minimum atomic E-state index is -0.598. The van der Waals surface area contributed by atoms with Gasteiger partial charge in [-0.1, -0.05) is 18.1 Å². The molecule has 1 unspecified atom stereocenters. The van der Waals surface area contributed by atoms with E-state index in [0.717, 1.165) is 24.8 Å². The number of aryl methyl sites for hydroxylation is 1. The van der Waals surface area contributed by atoms with E-state index < -0.39 is 6.04 Å². The average Bonchev–Trinajstić information content (AvgIpc) is 2.56. The summed E-state index contributed by atoms with van der Waals surface area (Å²) in [5, 5.41) is 2.79.